The number of rotatable bonds is 2. The lowest BCUT2D eigenvalue weighted by Crippen LogP contribution is -2.62. The van der Waals surface area contributed by atoms with Crippen LogP contribution in [0.3, 0.4) is 0 Å². The maximum Gasteiger partial charge on any atom is 0.373 e. The number of hydrogen-bond acceptors (Lipinski definition) is 9. The lowest BCUT2D eigenvalue weighted by Gasteiger charge is -2.49. The first-order valence-corrected chi connectivity index (χ1v) is 9.30. The summed E-state index contributed by atoms with van der Waals surface area (Å²) in [4.78, 5) is 16.2. The largest absolute Gasteiger partial charge is 0.390 e. The summed E-state index contributed by atoms with van der Waals surface area (Å²) in [6, 6.07) is 0. The zero-order valence-electron chi connectivity index (χ0n) is 16.3. The summed E-state index contributed by atoms with van der Waals surface area (Å²) in [5, 5.41) is 21.1. The first-order chi connectivity index (χ1) is 12.7. The van der Waals surface area contributed by atoms with Crippen molar-refractivity contribution in [2.45, 2.75) is 89.9 Å². The van der Waals surface area contributed by atoms with Crippen molar-refractivity contribution in [3.8, 4) is 0 Å². The molecular formula is C18H30O9. The Morgan fingerprint density at radius 3 is 2.15 bits per heavy atom. The van der Waals surface area contributed by atoms with E-state index in [0.29, 0.717) is 6.61 Å². The van der Waals surface area contributed by atoms with Crippen LogP contribution >= 0.6 is 0 Å². The minimum Gasteiger partial charge on any atom is -0.390 e. The normalized spacial score (nSPS) is 50.0. The molecule has 0 amide bonds. The van der Waals surface area contributed by atoms with E-state index in [1.54, 1.807) is 6.92 Å². The molecule has 3 heterocycles. The second-order valence-electron chi connectivity index (χ2n) is 7.47. The molecule has 3 aliphatic heterocycles. The van der Waals surface area contributed by atoms with E-state index in [9.17, 15) is 10.2 Å². The molecule has 11 atom stereocenters. The summed E-state index contributed by atoms with van der Waals surface area (Å²) >= 11 is 0. The van der Waals surface area contributed by atoms with Crippen LogP contribution in [0.1, 0.15) is 34.6 Å². The van der Waals surface area contributed by atoms with Crippen molar-refractivity contribution in [2.24, 2.45) is 11.8 Å². The van der Waals surface area contributed by atoms with Crippen molar-refractivity contribution >= 4 is 6.15 Å². The predicted molar refractivity (Wildman–Crippen MR) is 89.2 cm³/mol. The number of aliphatic hydroxyl groups is 2. The second-order valence-corrected chi connectivity index (χ2v) is 7.47. The molecule has 0 spiro atoms. The van der Waals surface area contributed by atoms with E-state index in [0.717, 1.165) is 0 Å². The molecule has 0 saturated carbocycles. The van der Waals surface area contributed by atoms with Gasteiger partial charge in [0, 0.05) is 11.8 Å². The summed E-state index contributed by atoms with van der Waals surface area (Å²) in [5.41, 5.74) is 0. The topological polar surface area (TPSA) is 121 Å². The van der Waals surface area contributed by atoms with Gasteiger partial charge >= 0.3 is 6.15 Å². The molecule has 156 valence electrons. The van der Waals surface area contributed by atoms with Crippen molar-refractivity contribution in [3.05, 3.63) is 0 Å². The molecule has 0 aromatic carbocycles. The molecule has 9 nitrogen and oxygen atoms in total. The Hall–Kier alpha value is -0.900. The Kier molecular flexibility index (Phi) is 7.91. The van der Waals surface area contributed by atoms with Gasteiger partial charge in [-0.25, -0.2) is 0 Å². The molecule has 9 heteroatoms. The van der Waals surface area contributed by atoms with E-state index in [-0.39, 0.29) is 42.6 Å². The van der Waals surface area contributed by atoms with Gasteiger partial charge in [0.1, 0.15) is 18.3 Å². The SMILES string of the molecule is CC1OCC2O[C@@H](O[C@@H]3C(C)O[C@@H](C)C(C)[C@@H]3O)C(C)[C@@H](O)[C@@H]2O1.O=C=O. The highest BCUT2D eigenvalue weighted by Gasteiger charge is 2.49. The number of carbonyl (C=O) groups excluding carboxylic acids is 2. The third-order valence-corrected chi connectivity index (χ3v) is 5.62. The third kappa shape index (κ3) is 4.93. The van der Waals surface area contributed by atoms with Gasteiger partial charge in [-0.3, -0.25) is 0 Å². The van der Waals surface area contributed by atoms with Crippen LogP contribution < -0.4 is 0 Å². The van der Waals surface area contributed by atoms with Crippen LogP contribution in [-0.2, 0) is 33.3 Å². The number of ether oxygens (including phenoxy) is 5. The molecule has 3 rings (SSSR count). The van der Waals surface area contributed by atoms with Crippen molar-refractivity contribution < 1.29 is 43.5 Å². The summed E-state index contributed by atoms with van der Waals surface area (Å²) in [7, 11) is 0. The van der Waals surface area contributed by atoms with Crippen molar-refractivity contribution in [2.75, 3.05) is 6.61 Å². The van der Waals surface area contributed by atoms with Crippen molar-refractivity contribution in [3.63, 3.8) is 0 Å². The van der Waals surface area contributed by atoms with Crippen LogP contribution in [0.15, 0.2) is 0 Å². The van der Waals surface area contributed by atoms with Crippen molar-refractivity contribution in [1.29, 1.82) is 0 Å². The van der Waals surface area contributed by atoms with Crippen LogP contribution in [0.25, 0.3) is 0 Å². The fourth-order valence-electron chi connectivity index (χ4n) is 3.74. The molecular weight excluding hydrogens is 360 g/mol. The number of aliphatic hydroxyl groups excluding tert-OH is 2. The molecule has 5 unspecified atom stereocenters. The molecule has 27 heavy (non-hydrogen) atoms. The molecule has 0 aliphatic carbocycles. The average Bonchev–Trinajstić information content (AvgIpc) is 2.62. The van der Waals surface area contributed by atoms with Crippen LogP contribution in [0.2, 0.25) is 0 Å². The monoisotopic (exact) mass is 390 g/mol. The van der Waals surface area contributed by atoms with E-state index >= 15 is 0 Å². The average molecular weight is 390 g/mol. The van der Waals surface area contributed by atoms with E-state index in [4.69, 9.17) is 33.3 Å². The van der Waals surface area contributed by atoms with E-state index in [1.165, 1.54) is 0 Å². The highest BCUT2D eigenvalue weighted by atomic mass is 16.8. The lowest BCUT2D eigenvalue weighted by atomic mass is 9.88. The number of hydrogen-bond donors (Lipinski definition) is 2. The smallest absolute Gasteiger partial charge is 0.373 e. The zero-order valence-corrected chi connectivity index (χ0v) is 16.3. The predicted octanol–water partition coefficient (Wildman–Crippen LogP) is 0.0756. The summed E-state index contributed by atoms with van der Waals surface area (Å²) in [5.74, 6) is -0.324. The molecule has 3 saturated heterocycles. The van der Waals surface area contributed by atoms with Gasteiger partial charge in [0.25, 0.3) is 0 Å². The number of fused-ring (bicyclic) bond motifs is 1. The van der Waals surface area contributed by atoms with Gasteiger partial charge in [-0.15, -0.1) is 0 Å². The summed E-state index contributed by atoms with van der Waals surface area (Å²) in [6.45, 7) is 9.79. The Labute approximate surface area is 158 Å². The molecule has 0 aromatic heterocycles. The highest BCUT2D eigenvalue weighted by Crippen LogP contribution is 2.35. The van der Waals surface area contributed by atoms with Crippen LogP contribution in [0.5, 0.6) is 0 Å². The standard InChI is InChI=1S/C17H30O7.CO2/c1-7-9(3)21-10(4)15(13(7)18)24-17-8(2)14(19)16-12(23-17)6-20-11(5)22-16;2-1-3/h7-19H,6H2,1-5H3;/t7?,8?,9-,10?,11?,12?,13-,14+,15+,16+,17-;/m0./s1. The zero-order chi connectivity index (χ0) is 20.3. The summed E-state index contributed by atoms with van der Waals surface area (Å²) in [6.07, 6.45) is -3.71. The van der Waals surface area contributed by atoms with Gasteiger partial charge in [-0.1, -0.05) is 13.8 Å². The first-order valence-electron chi connectivity index (χ1n) is 9.30. The van der Waals surface area contributed by atoms with Crippen LogP contribution in [0.4, 0.5) is 0 Å². The molecule has 2 N–H and O–H groups in total. The van der Waals surface area contributed by atoms with E-state index in [1.807, 2.05) is 27.7 Å². The fraction of sp³-hybridized carbons (Fsp3) is 0.944. The van der Waals surface area contributed by atoms with Gasteiger partial charge in [0.05, 0.1) is 31.0 Å². The Morgan fingerprint density at radius 2 is 1.52 bits per heavy atom. The Morgan fingerprint density at radius 1 is 0.889 bits per heavy atom. The van der Waals surface area contributed by atoms with Gasteiger partial charge < -0.3 is 33.9 Å². The molecule has 0 bridgehead atoms. The summed E-state index contributed by atoms with van der Waals surface area (Å²) < 4.78 is 29.0. The van der Waals surface area contributed by atoms with Crippen molar-refractivity contribution in [1.82, 2.24) is 0 Å². The molecule has 3 aliphatic rings. The molecule has 3 fully saturated rings. The highest BCUT2D eigenvalue weighted by molar-refractivity contribution is 5.20. The lowest BCUT2D eigenvalue weighted by molar-refractivity contribution is -0.363. The van der Waals surface area contributed by atoms with E-state index in [2.05, 4.69) is 0 Å². The first kappa shape index (κ1) is 22.4. The molecule has 0 aromatic rings. The van der Waals surface area contributed by atoms with Gasteiger partial charge in [0.15, 0.2) is 12.6 Å². The van der Waals surface area contributed by atoms with Crippen LogP contribution in [0, 0.1) is 11.8 Å². The van der Waals surface area contributed by atoms with Gasteiger partial charge in [-0.2, -0.15) is 9.59 Å². The third-order valence-electron chi connectivity index (χ3n) is 5.62. The minimum atomic E-state index is -0.714. The van der Waals surface area contributed by atoms with Crippen LogP contribution in [-0.4, -0.2) is 78.3 Å². The second kappa shape index (κ2) is 9.54. The fourth-order valence-corrected chi connectivity index (χ4v) is 3.74. The maximum atomic E-state index is 10.6. The van der Waals surface area contributed by atoms with E-state index < -0.39 is 30.7 Å². The maximum absolute atomic E-state index is 10.6. The van der Waals surface area contributed by atoms with Gasteiger partial charge in [0.2, 0.25) is 0 Å². The quantitative estimate of drug-likeness (QED) is 0.675. The molecule has 0 radical (unpaired) electrons. The minimum absolute atomic E-state index is 0.0313. The Bertz CT molecular complexity index is 507. The van der Waals surface area contributed by atoms with Gasteiger partial charge in [-0.05, 0) is 20.8 Å². The Balaban J connectivity index is 0.000000817.